The summed E-state index contributed by atoms with van der Waals surface area (Å²) in [4.78, 5) is 0. The average molecular weight is 404 g/mol. The number of aromatic nitrogens is 2. The first-order chi connectivity index (χ1) is 13.0. The second kappa shape index (κ2) is 7.01. The van der Waals surface area contributed by atoms with Crippen LogP contribution in [0.15, 0.2) is 36.4 Å². The molecule has 0 bridgehead atoms. The van der Waals surface area contributed by atoms with Crippen molar-refractivity contribution >= 4 is 10.9 Å². The van der Waals surface area contributed by atoms with Gasteiger partial charge in [0, 0.05) is 0 Å². The lowest BCUT2D eigenvalue weighted by molar-refractivity contribution is -0.143. The Hall–Kier alpha value is -2.75. The zero-order chi connectivity index (χ0) is 20.7. The third-order valence-electron chi connectivity index (χ3n) is 4.19. The number of hydrogen-bond acceptors (Lipinski definition) is 3. The van der Waals surface area contributed by atoms with Gasteiger partial charge in [-0.1, -0.05) is 12.1 Å². The predicted octanol–water partition coefficient (Wildman–Crippen LogP) is 4.62. The van der Waals surface area contributed by atoms with Crippen LogP contribution in [0.2, 0.25) is 0 Å². The fourth-order valence-electron chi connectivity index (χ4n) is 2.89. The number of rotatable bonds is 4. The maximum atomic E-state index is 13.3. The van der Waals surface area contributed by atoms with Gasteiger partial charge < -0.3 is 9.84 Å². The second-order valence-corrected chi connectivity index (χ2v) is 6.04. The van der Waals surface area contributed by atoms with Crippen molar-refractivity contribution in [1.82, 2.24) is 9.78 Å². The minimum atomic E-state index is -4.97. The van der Waals surface area contributed by atoms with Crippen LogP contribution in [0.4, 0.5) is 26.3 Å². The highest BCUT2D eigenvalue weighted by molar-refractivity contribution is 5.85. The first-order valence-corrected chi connectivity index (χ1v) is 7.96. The smallest absolute Gasteiger partial charge is 0.416 e. The monoisotopic (exact) mass is 404 g/mol. The van der Waals surface area contributed by atoms with Crippen molar-refractivity contribution in [3.63, 3.8) is 0 Å². The second-order valence-electron chi connectivity index (χ2n) is 6.04. The minimum Gasteiger partial charge on any atom is -0.481 e. The zero-order valence-corrected chi connectivity index (χ0v) is 14.4. The zero-order valence-electron chi connectivity index (χ0n) is 14.4. The van der Waals surface area contributed by atoms with Crippen LogP contribution in [0.25, 0.3) is 10.9 Å². The summed E-state index contributed by atoms with van der Waals surface area (Å²) < 4.78 is 84.9. The molecule has 150 valence electrons. The van der Waals surface area contributed by atoms with Gasteiger partial charge in [-0.05, 0) is 35.4 Å². The molecule has 0 fully saturated rings. The Morgan fingerprint density at radius 3 is 2.29 bits per heavy atom. The van der Waals surface area contributed by atoms with Gasteiger partial charge in [-0.25, -0.2) is 4.68 Å². The van der Waals surface area contributed by atoms with Gasteiger partial charge in [0.15, 0.2) is 0 Å². The van der Waals surface area contributed by atoms with Crippen LogP contribution in [0, 0.1) is 0 Å². The molecular weight excluding hydrogens is 390 g/mol. The van der Waals surface area contributed by atoms with E-state index in [0.29, 0.717) is 22.5 Å². The highest BCUT2D eigenvalue weighted by Crippen LogP contribution is 2.38. The van der Waals surface area contributed by atoms with Gasteiger partial charge in [-0.2, -0.15) is 31.4 Å². The van der Waals surface area contributed by atoms with Crippen molar-refractivity contribution in [2.45, 2.75) is 25.5 Å². The Bertz CT molecular complexity index is 1010. The highest BCUT2D eigenvalue weighted by Gasteiger charge is 2.38. The Morgan fingerprint density at radius 2 is 1.71 bits per heavy atom. The SMILES string of the molecule is COc1c2cc(CO)ccc2nn1Cc1ccc(C(F)(F)F)cc1C(F)(F)F. The number of methoxy groups -OCH3 is 1. The van der Waals surface area contributed by atoms with Crippen LogP contribution in [-0.2, 0) is 25.5 Å². The van der Waals surface area contributed by atoms with E-state index in [9.17, 15) is 31.4 Å². The van der Waals surface area contributed by atoms with E-state index in [1.807, 2.05) is 0 Å². The van der Waals surface area contributed by atoms with Crippen molar-refractivity contribution < 1.29 is 36.2 Å². The standard InChI is InChI=1S/C18H14F6N2O2/c1-28-16-13-6-10(9-27)2-5-15(13)25-26(16)8-11-3-4-12(17(19,20)21)7-14(11)18(22,23)24/h2-7,27H,8-9H2,1H3. The number of hydrogen-bond donors (Lipinski definition) is 1. The lowest BCUT2D eigenvalue weighted by atomic mass is 10.0. The number of nitrogens with zero attached hydrogens (tertiary/aromatic N) is 2. The summed E-state index contributed by atoms with van der Waals surface area (Å²) in [5.74, 6) is 0.137. The summed E-state index contributed by atoms with van der Waals surface area (Å²) in [6, 6.07) is 6.22. The molecule has 28 heavy (non-hydrogen) atoms. The topological polar surface area (TPSA) is 47.3 Å². The van der Waals surface area contributed by atoms with Crippen LogP contribution < -0.4 is 4.74 Å². The normalized spacial score (nSPS) is 12.6. The largest absolute Gasteiger partial charge is 0.481 e. The molecule has 0 unspecified atom stereocenters. The summed E-state index contributed by atoms with van der Waals surface area (Å²) >= 11 is 0. The summed E-state index contributed by atoms with van der Waals surface area (Å²) in [6.45, 7) is -0.694. The van der Waals surface area contributed by atoms with Crippen molar-refractivity contribution in [2.24, 2.45) is 0 Å². The molecule has 0 atom stereocenters. The van der Waals surface area contributed by atoms with Crippen molar-refractivity contribution in [2.75, 3.05) is 7.11 Å². The highest BCUT2D eigenvalue weighted by atomic mass is 19.4. The molecule has 10 heteroatoms. The van der Waals surface area contributed by atoms with Crippen molar-refractivity contribution in [3.8, 4) is 5.88 Å². The predicted molar refractivity (Wildman–Crippen MR) is 87.8 cm³/mol. The van der Waals surface area contributed by atoms with Crippen molar-refractivity contribution in [3.05, 3.63) is 58.7 Å². The van der Waals surface area contributed by atoms with Gasteiger partial charge in [0.25, 0.3) is 0 Å². The molecule has 3 rings (SSSR count). The fourth-order valence-corrected chi connectivity index (χ4v) is 2.89. The molecule has 3 aromatic rings. The molecule has 0 aliphatic heterocycles. The summed E-state index contributed by atoms with van der Waals surface area (Å²) in [5, 5.41) is 13.9. The molecule has 0 amide bonds. The Labute approximate surface area is 155 Å². The van der Waals surface area contributed by atoms with E-state index < -0.39 is 30.0 Å². The molecule has 1 heterocycles. The summed E-state index contributed by atoms with van der Waals surface area (Å²) in [6.07, 6.45) is -9.86. The Morgan fingerprint density at radius 1 is 1.00 bits per heavy atom. The molecule has 2 aromatic carbocycles. The lowest BCUT2D eigenvalue weighted by Crippen LogP contribution is -2.15. The third kappa shape index (κ3) is 3.77. The van der Waals surface area contributed by atoms with Gasteiger partial charge in [0.2, 0.25) is 5.88 Å². The van der Waals surface area contributed by atoms with E-state index in [2.05, 4.69) is 5.10 Å². The van der Waals surface area contributed by atoms with E-state index in [-0.39, 0.29) is 24.1 Å². The van der Waals surface area contributed by atoms with Crippen LogP contribution >= 0.6 is 0 Å². The van der Waals surface area contributed by atoms with Crippen LogP contribution in [0.3, 0.4) is 0 Å². The van der Waals surface area contributed by atoms with Gasteiger partial charge in [0.1, 0.15) is 0 Å². The number of alkyl halides is 6. The first-order valence-electron chi connectivity index (χ1n) is 7.96. The quantitative estimate of drug-likeness (QED) is 0.646. The van der Waals surface area contributed by atoms with Gasteiger partial charge in [0.05, 0.1) is 42.3 Å². The molecule has 4 nitrogen and oxygen atoms in total. The average Bonchev–Trinajstić information content (AvgIpc) is 2.96. The van der Waals surface area contributed by atoms with E-state index in [0.717, 1.165) is 10.7 Å². The number of halogens is 6. The molecule has 0 aliphatic carbocycles. The molecule has 0 saturated carbocycles. The van der Waals surface area contributed by atoms with Crippen molar-refractivity contribution in [1.29, 1.82) is 0 Å². The maximum absolute atomic E-state index is 13.3. The Kier molecular flexibility index (Phi) is 5.00. The van der Waals surface area contributed by atoms with Crippen LogP contribution in [-0.4, -0.2) is 22.0 Å². The lowest BCUT2D eigenvalue weighted by Gasteiger charge is -2.16. The minimum absolute atomic E-state index is 0.0922. The molecule has 1 N–H and O–H groups in total. The maximum Gasteiger partial charge on any atom is 0.416 e. The number of aliphatic hydroxyl groups is 1. The van der Waals surface area contributed by atoms with Gasteiger partial charge in [-0.15, -0.1) is 0 Å². The molecular formula is C18H14F6N2O2. The van der Waals surface area contributed by atoms with Crippen LogP contribution in [0.1, 0.15) is 22.3 Å². The van der Waals surface area contributed by atoms with E-state index >= 15 is 0 Å². The molecule has 0 saturated heterocycles. The van der Waals surface area contributed by atoms with Gasteiger partial charge in [-0.3, -0.25) is 0 Å². The first kappa shape index (κ1) is 20.0. The van der Waals surface area contributed by atoms with E-state index in [4.69, 9.17) is 4.74 Å². The Balaban J connectivity index is 2.11. The molecule has 0 spiro atoms. The number of fused-ring (bicyclic) bond motifs is 1. The summed E-state index contributed by atoms with van der Waals surface area (Å²) in [5.41, 5.74) is -2.19. The number of benzene rings is 2. The molecule has 0 aliphatic rings. The number of ether oxygens (including phenoxy) is 1. The summed E-state index contributed by atoms with van der Waals surface area (Å²) in [7, 11) is 1.30. The van der Waals surface area contributed by atoms with Gasteiger partial charge >= 0.3 is 12.4 Å². The molecule has 0 radical (unpaired) electrons. The number of aliphatic hydroxyl groups excluding tert-OH is 1. The van der Waals surface area contributed by atoms with E-state index in [1.54, 1.807) is 18.2 Å². The van der Waals surface area contributed by atoms with E-state index in [1.165, 1.54) is 7.11 Å². The van der Waals surface area contributed by atoms with Crippen LogP contribution in [0.5, 0.6) is 5.88 Å². The fraction of sp³-hybridized carbons (Fsp3) is 0.278. The third-order valence-corrected chi connectivity index (χ3v) is 4.19. The molecule has 1 aromatic heterocycles.